The minimum atomic E-state index is -0.732. The molecule has 1 aliphatic rings. The van der Waals surface area contributed by atoms with Crippen LogP contribution >= 0.6 is 0 Å². The molecule has 1 amide bonds. The molecule has 17 heavy (non-hydrogen) atoms. The molecule has 1 N–H and O–H groups in total. The van der Waals surface area contributed by atoms with E-state index < -0.39 is 11.6 Å². The van der Waals surface area contributed by atoms with Crippen molar-refractivity contribution in [1.29, 1.82) is 0 Å². The van der Waals surface area contributed by atoms with Crippen LogP contribution in [0.1, 0.15) is 32.1 Å². The second-order valence-corrected chi connectivity index (χ2v) is 4.50. The molecular weight excluding hydrogens is 224 g/mol. The largest absolute Gasteiger partial charge is 0.321 e. The van der Waals surface area contributed by atoms with Gasteiger partial charge in [0.2, 0.25) is 5.91 Å². The lowest BCUT2D eigenvalue weighted by molar-refractivity contribution is -0.117. The van der Waals surface area contributed by atoms with Gasteiger partial charge in [0.25, 0.3) is 0 Å². The van der Waals surface area contributed by atoms with Gasteiger partial charge in [0.15, 0.2) is 0 Å². The van der Waals surface area contributed by atoms with Gasteiger partial charge in [-0.3, -0.25) is 4.79 Å². The zero-order valence-corrected chi connectivity index (χ0v) is 9.51. The lowest BCUT2D eigenvalue weighted by Crippen LogP contribution is -2.16. The second kappa shape index (κ2) is 5.25. The molecule has 4 heteroatoms. The number of hydrogen-bond acceptors (Lipinski definition) is 1. The van der Waals surface area contributed by atoms with Crippen molar-refractivity contribution >= 4 is 11.6 Å². The van der Waals surface area contributed by atoms with Crippen LogP contribution in [0.5, 0.6) is 0 Å². The summed E-state index contributed by atoms with van der Waals surface area (Å²) in [7, 11) is 0. The van der Waals surface area contributed by atoms with Gasteiger partial charge in [-0.25, -0.2) is 8.78 Å². The van der Waals surface area contributed by atoms with Gasteiger partial charge in [-0.15, -0.1) is 0 Å². The van der Waals surface area contributed by atoms with Crippen LogP contribution < -0.4 is 5.32 Å². The molecule has 0 saturated heterocycles. The standard InChI is InChI=1S/C13H15F2NO/c14-10-6-3-7-11(15)13(10)16-12(17)8-9-4-1-2-5-9/h3,6-7,9H,1-2,4-5,8H2,(H,16,17). The Morgan fingerprint density at radius 2 is 1.82 bits per heavy atom. The number of carbonyl (C=O) groups excluding carboxylic acids is 1. The summed E-state index contributed by atoms with van der Waals surface area (Å²) in [6.45, 7) is 0. The Bertz CT molecular complexity index is 394. The molecule has 0 radical (unpaired) electrons. The first-order chi connectivity index (χ1) is 8.16. The molecule has 1 aromatic rings. The van der Waals surface area contributed by atoms with E-state index in [-0.39, 0.29) is 11.6 Å². The molecular formula is C13H15F2NO. The predicted molar refractivity (Wildman–Crippen MR) is 61.6 cm³/mol. The number of anilines is 1. The van der Waals surface area contributed by atoms with E-state index in [0.29, 0.717) is 12.3 Å². The molecule has 92 valence electrons. The molecule has 0 spiro atoms. The van der Waals surface area contributed by atoms with Gasteiger partial charge in [-0.05, 0) is 30.9 Å². The highest BCUT2D eigenvalue weighted by Crippen LogP contribution is 2.28. The van der Waals surface area contributed by atoms with E-state index >= 15 is 0 Å². The van der Waals surface area contributed by atoms with Crippen LogP contribution in [0.25, 0.3) is 0 Å². The summed E-state index contributed by atoms with van der Waals surface area (Å²) in [5, 5.41) is 2.32. The number of hydrogen-bond donors (Lipinski definition) is 1. The van der Waals surface area contributed by atoms with Crippen LogP contribution in [-0.2, 0) is 4.79 Å². The molecule has 1 aromatic carbocycles. The van der Waals surface area contributed by atoms with Crippen molar-refractivity contribution in [2.75, 3.05) is 5.32 Å². The molecule has 0 aliphatic heterocycles. The molecule has 2 nitrogen and oxygen atoms in total. The Balaban J connectivity index is 1.97. The first-order valence-corrected chi connectivity index (χ1v) is 5.90. The lowest BCUT2D eigenvalue weighted by atomic mass is 10.0. The molecule has 2 rings (SSSR count). The highest BCUT2D eigenvalue weighted by atomic mass is 19.1. The monoisotopic (exact) mass is 239 g/mol. The third-order valence-corrected chi connectivity index (χ3v) is 3.18. The first kappa shape index (κ1) is 12.0. The number of amides is 1. The Labute approximate surface area is 99.0 Å². The number of benzene rings is 1. The smallest absolute Gasteiger partial charge is 0.224 e. The maximum Gasteiger partial charge on any atom is 0.224 e. The molecule has 0 bridgehead atoms. The zero-order chi connectivity index (χ0) is 12.3. The highest BCUT2D eigenvalue weighted by molar-refractivity contribution is 5.91. The SMILES string of the molecule is O=C(CC1CCCC1)Nc1c(F)cccc1F. The molecule has 0 unspecified atom stereocenters. The average Bonchev–Trinajstić information content (AvgIpc) is 2.76. The summed E-state index contributed by atoms with van der Waals surface area (Å²) in [5.74, 6) is -1.40. The van der Waals surface area contributed by atoms with E-state index in [1.807, 2.05) is 0 Å². The molecule has 0 atom stereocenters. The maximum atomic E-state index is 13.3. The molecule has 0 heterocycles. The van der Waals surface area contributed by atoms with Crippen molar-refractivity contribution in [1.82, 2.24) is 0 Å². The van der Waals surface area contributed by atoms with Crippen LogP contribution in [0.15, 0.2) is 18.2 Å². The van der Waals surface area contributed by atoms with E-state index in [1.165, 1.54) is 6.07 Å². The second-order valence-electron chi connectivity index (χ2n) is 4.50. The number of rotatable bonds is 3. The van der Waals surface area contributed by atoms with E-state index in [0.717, 1.165) is 37.8 Å². The Hall–Kier alpha value is -1.45. The number of halogens is 2. The fraction of sp³-hybridized carbons (Fsp3) is 0.462. The van der Waals surface area contributed by atoms with Gasteiger partial charge in [0.1, 0.15) is 17.3 Å². The van der Waals surface area contributed by atoms with Gasteiger partial charge < -0.3 is 5.32 Å². The Morgan fingerprint density at radius 1 is 1.24 bits per heavy atom. The fourth-order valence-corrected chi connectivity index (χ4v) is 2.28. The van der Waals surface area contributed by atoms with Gasteiger partial charge in [0, 0.05) is 6.42 Å². The summed E-state index contributed by atoms with van der Waals surface area (Å²) >= 11 is 0. The van der Waals surface area contributed by atoms with Crippen molar-refractivity contribution in [3.8, 4) is 0 Å². The lowest BCUT2D eigenvalue weighted by Gasteiger charge is -2.10. The highest BCUT2D eigenvalue weighted by Gasteiger charge is 2.19. The van der Waals surface area contributed by atoms with Gasteiger partial charge >= 0.3 is 0 Å². The minimum Gasteiger partial charge on any atom is -0.321 e. The quantitative estimate of drug-likeness (QED) is 0.859. The van der Waals surface area contributed by atoms with E-state index in [2.05, 4.69) is 5.32 Å². The third kappa shape index (κ3) is 3.02. The topological polar surface area (TPSA) is 29.1 Å². The van der Waals surface area contributed by atoms with Crippen molar-refractivity contribution in [2.45, 2.75) is 32.1 Å². The predicted octanol–water partition coefficient (Wildman–Crippen LogP) is 3.48. The number of para-hydroxylation sites is 1. The summed E-state index contributed by atoms with van der Waals surface area (Å²) < 4.78 is 26.5. The summed E-state index contributed by atoms with van der Waals surface area (Å²) in [6.07, 6.45) is 4.71. The van der Waals surface area contributed by atoms with Crippen LogP contribution in [0.4, 0.5) is 14.5 Å². The van der Waals surface area contributed by atoms with Gasteiger partial charge in [-0.1, -0.05) is 18.9 Å². The van der Waals surface area contributed by atoms with E-state index in [9.17, 15) is 13.6 Å². The summed E-state index contributed by atoms with van der Waals surface area (Å²) in [4.78, 5) is 11.6. The molecule has 0 aromatic heterocycles. The van der Waals surface area contributed by atoms with Crippen LogP contribution in [0.3, 0.4) is 0 Å². The van der Waals surface area contributed by atoms with Crippen LogP contribution in [0, 0.1) is 17.6 Å². The van der Waals surface area contributed by atoms with Crippen LogP contribution in [-0.4, -0.2) is 5.91 Å². The maximum absolute atomic E-state index is 13.3. The van der Waals surface area contributed by atoms with Gasteiger partial charge in [0.05, 0.1) is 0 Å². The summed E-state index contributed by atoms with van der Waals surface area (Å²) in [5.41, 5.74) is -0.338. The van der Waals surface area contributed by atoms with Crippen molar-refractivity contribution in [2.24, 2.45) is 5.92 Å². The fourth-order valence-electron chi connectivity index (χ4n) is 2.28. The molecule has 1 aliphatic carbocycles. The molecule has 1 fully saturated rings. The van der Waals surface area contributed by atoms with Crippen molar-refractivity contribution in [3.63, 3.8) is 0 Å². The van der Waals surface area contributed by atoms with Crippen molar-refractivity contribution in [3.05, 3.63) is 29.8 Å². The molecule has 1 saturated carbocycles. The van der Waals surface area contributed by atoms with Gasteiger partial charge in [-0.2, -0.15) is 0 Å². The third-order valence-electron chi connectivity index (χ3n) is 3.18. The summed E-state index contributed by atoms with van der Waals surface area (Å²) in [6, 6.07) is 3.54. The Morgan fingerprint density at radius 3 is 2.41 bits per heavy atom. The number of nitrogens with one attached hydrogen (secondary N) is 1. The minimum absolute atomic E-state index is 0.305. The van der Waals surface area contributed by atoms with E-state index in [4.69, 9.17) is 0 Å². The van der Waals surface area contributed by atoms with Crippen LogP contribution in [0.2, 0.25) is 0 Å². The normalized spacial score (nSPS) is 16.1. The Kier molecular flexibility index (Phi) is 3.71. The van der Waals surface area contributed by atoms with E-state index in [1.54, 1.807) is 0 Å². The average molecular weight is 239 g/mol. The number of carbonyl (C=O) groups is 1. The zero-order valence-electron chi connectivity index (χ0n) is 9.51. The van der Waals surface area contributed by atoms with Crippen molar-refractivity contribution < 1.29 is 13.6 Å². The first-order valence-electron chi connectivity index (χ1n) is 5.90.